The third kappa shape index (κ3) is 3.56. The molecule has 1 saturated heterocycles. The molecule has 1 aliphatic rings. The molecular weight excluding hydrogens is 280 g/mol. The van der Waals surface area contributed by atoms with Gasteiger partial charge < -0.3 is 10.1 Å². The number of ether oxygens (including phenoxy) is 1. The van der Waals surface area contributed by atoms with Crippen molar-refractivity contribution in [3.63, 3.8) is 0 Å². The lowest BCUT2D eigenvalue weighted by molar-refractivity contribution is 0.0857. The Bertz CT molecular complexity index is 580. The van der Waals surface area contributed by atoms with Crippen molar-refractivity contribution < 1.29 is 17.9 Å². The Hall–Kier alpha value is -1.44. The van der Waals surface area contributed by atoms with Crippen LogP contribution in [0.25, 0.3) is 0 Å². The summed E-state index contributed by atoms with van der Waals surface area (Å²) in [6, 6.07) is 5.93. The Labute approximate surface area is 118 Å². The Morgan fingerprint density at radius 3 is 2.90 bits per heavy atom. The molecule has 20 heavy (non-hydrogen) atoms. The third-order valence-corrected chi connectivity index (χ3v) is 4.60. The van der Waals surface area contributed by atoms with Gasteiger partial charge in [0.1, 0.15) is 0 Å². The lowest BCUT2D eigenvalue weighted by Gasteiger charge is -2.11. The van der Waals surface area contributed by atoms with E-state index in [0.717, 1.165) is 19.4 Å². The zero-order chi connectivity index (χ0) is 14.6. The predicted octanol–water partition coefficient (Wildman–Crippen LogP) is 0.503. The fraction of sp³-hybridized carbons (Fsp3) is 0.462. The van der Waals surface area contributed by atoms with Crippen LogP contribution in [0.3, 0.4) is 0 Å². The standard InChI is InChI=1S/C13H18N2O4S/c1-14-20(17,18)12-6-2-4-10(8-12)13(16)15-9-11-5-3-7-19-11/h2,4,6,8,11,14H,3,5,7,9H2,1H3,(H,15,16). The van der Waals surface area contributed by atoms with Gasteiger partial charge in [0.15, 0.2) is 0 Å². The van der Waals surface area contributed by atoms with Crippen LogP contribution in [0, 0.1) is 0 Å². The number of nitrogens with one attached hydrogen (secondary N) is 2. The van der Waals surface area contributed by atoms with Crippen LogP contribution >= 0.6 is 0 Å². The highest BCUT2D eigenvalue weighted by atomic mass is 32.2. The largest absolute Gasteiger partial charge is 0.376 e. The van der Waals surface area contributed by atoms with Crippen molar-refractivity contribution in [1.82, 2.24) is 10.0 Å². The van der Waals surface area contributed by atoms with Crippen LogP contribution in [0.1, 0.15) is 23.2 Å². The van der Waals surface area contributed by atoms with Crippen LogP contribution in [0.2, 0.25) is 0 Å². The second-order valence-electron chi connectivity index (χ2n) is 4.58. The minimum Gasteiger partial charge on any atom is -0.376 e. The number of sulfonamides is 1. The highest BCUT2D eigenvalue weighted by Gasteiger charge is 2.18. The number of carbonyl (C=O) groups excluding carboxylic acids is 1. The molecular formula is C13H18N2O4S. The Morgan fingerprint density at radius 2 is 2.25 bits per heavy atom. The van der Waals surface area contributed by atoms with E-state index in [1.54, 1.807) is 12.1 Å². The lowest BCUT2D eigenvalue weighted by atomic mass is 10.2. The normalized spacial score (nSPS) is 18.9. The molecule has 1 amide bonds. The highest BCUT2D eigenvalue weighted by molar-refractivity contribution is 7.89. The Morgan fingerprint density at radius 1 is 1.45 bits per heavy atom. The highest BCUT2D eigenvalue weighted by Crippen LogP contribution is 2.13. The van der Waals surface area contributed by atoms with Crippen LogP contribution in [0.4, 0.5) is 0 Å². The summed E-state index contributed by atoms with van der Waals surface area (Å²) in [4.78, 5) is 12.1. The molecule has 0 aromatic heterocycles. The van der Waals surface area contributed by atoms with Crippen molar-refractivity contribution in [2.45, 2.75) is 23.8 Å². The topological polar surface area (TPSA) is 84.5 Å². The van der Waals surface area contributed by atoms with E-state index < -0.39 is 10.0 Å². The number of amides is 1. The van der Waals surface area contributed by atoms with Gasteiger partial charge in [-0.3, -0.25) is 4.79 Å². The predicted molar refractivity (Wildman–Crippen MR) is 74.0 cm³/mol. The van der Waals surface area contributed by atoms with Crippen molar-refractivity contribution in [3.8, 4) is 0 Å². The molecule has 1 aromatic carbocycles. The van der Waals surface area contributed by atoms with Crippen molar-refractivity contribution >= 4 is 15.9 Å². The fourth-order valence-corrected chi connectivity index (χ4v) is 2.81. The number of carbonyl (C=O) groups is 1. The summed E-state index contributed by atoms with van der Waals surface area (Å²) in [7, 11) is -2.21. The zero-order valence-corrected chi connectivity index (χ0v) is 12.1. The first-order chi connectivity index (χ1) is 9.53. The van der Waals surface area contributed by atoms with Gasteiger partial charge in [0.25, 0.3) is 5.91 Å². The molecule has 1 heterocycles. The third-order valence-electron chi connectivity index (χ3n) is 3.19. The maximum Gasteiger partial charge on any atom is 0.251 e. The van der Waals surface area contributed by atoms with Crippen LogP contribution in [0.5, 0.6) is 0 Å². The molecule has 0 radical (unpaired) electrons. The lowest BCUT2D eigenvalue weighted by Crippen LogP contribution is -2.31. The zero-order valence-electron chi connectivity index (χ0n) is 11.3. The van der Waals surface area contributed by atoms with Gasteiger partial charge in [-0.25, -0.2) is 13.1 Å². The van der Waals surface area contributed by atoms with Gasteiger partial charge in [-0.1, -0.05) is 6.07 Å². The van der Waals surface area contributed by atoms with Crippen molar-refractivity contribution in [1.29, 1.82) is 0 Å². The summed E-state index contributed by atoms with van der Waals surface area (Å²) in [5.74, 6) is -0.298. The van der Waals surface area contributed by atoms with E-state index in [1.807, 2.05) is 0 Å². The average Bonchev–Trinajstić information content (AvgIpc) is 2.98. The van der Waals surface area contributed by atoms with Crippen LogP contribution < -0.4 is 10.0 Å². The monoisotopic (exact) mass is 298 g/mol. The quantitative estimate of drug-likeness (QED) is 0.829. The molecule has 0 saturated carbocycles. The van der Waals surface area contributed by atoms with E-state index in [0.29, 0.717) is 12.1 Å². The van der Waals surface area contributed by atoms with Gasteiger partial charge in [-0.15, -0.1) is 0 Å². The summed E-state index contributed by atoms with van der Waals surface area (Å²) < 4.78 is 31.0. The molecule has 1 atom stereocenters. The van der Waals surface area contributed by atoms with E-state index >= 15 is 0 Å². The van der Waals surface area contributed by atoms with Gasteiger partial charge in [-0.05, 0) is 38.1 Å². The fourth-order valence-electron chi connectivity index (χ4n) is 2.04. The van der Waals surface area contributed by atoms with E-state index in [4.69, 9.17) is 4.74 Å². The Kier molecular flexibility index (Phi) is 4.74. The maximum absolute atomic E-state index is 12.0. The number of benzene rings is 1. The molecule has 110 valence electrons. The van der Waals surface area contributed by atoms with Gasteiger partial charge in [0.05, 0.1) is 11.0 Å². The summed E-state index contributed by atoms with van der Waals surface area (Å²) in [5, 5.41) is 2.76. The van der Waals surface area contributed by atoms with Crippen molar-refractivity contribution in [2.75, 3.05) is 20.2 Å². The minimum absolute atomic E-state index is 0.0585. The van der Waals surface area contributed by atoms with Gasteiger partial charge in [0, 0.05) is 18.7 Å². The summed E-state index contributed by atoms with van der Waals surface area (Å²) in [5.41, 5.74) is 0.319. The first-order valence-corrected chi connectivity index (χ1v) is 7.94. The van der Waals surface area contributed by atoms with E-state index in [-0.39, 0.29) is 16.9 Å². The van der Waals surface area contributed by atoms with Crippen LogP contribution in [-0.2, 0) is 14.8 Å². The molecule has 0 spiro atoms. The minimum atomic E-state index is -3.54. The Balaban J connectivity index is 2.04. The summed E-state index contributed by atoms with van der Waals surface area (Å²) in [6.45, 7) is 1.18. The molecule has 1 aromatic rings. The van der Waals surface area contributed by atoms with Crippen LogP contribution in [0.15, 0.2) is 29.2 Å². The maximum atomic E-state index is 12.0. The first-order valence-electron chi connectivity index (χ1n) is 6.46. The van der Waals surface area contributed by atoms with Crippen molar-refractivity contribution in [3.05, 3.63) is 29.8 Å². The smallest absolute Gasteiger partial charge is 0.251 e. The van der Waals surface area contributed by atoms with Gasteiger partial charge in [0.2, 0.25) is 10.0 Å². The average molecular weight is 298 g/mol. The van der Waals surface area contributed by atoms with E-state index in [9.17, 15) is 13.2 Å². The van der Waals surface area contributed by atoms with E-state index in [2.05, 4.69) is 10.0 Å². The summed E-state index contributed by atoms with van der Waals surface area (Å²) in [6.07, 6.45) is 2.01. The second kappa shape index (κ2) is 6.34. The van der Waals surface area contributed by atoms with Gasteiger partial charge >= 0.3 is 0 Å². The van der Waals surface area contributed by atoms with Crippen molar-refractivity contribution in [2.24, 2.45) is 0 Å². The van der Waals surface area contributed by atoms with Crippen LogP contribution in [-0.4, -0.2) is 40.6 Å². The molecule has 2 rings (SSSR count). The number of rotatable bonds is 5. The molecule has 1 aliphatic heterocycles. The molecule has 6 nitrogen and oxygen atoms in total. The molecule has 1 fully saturated rings. The molecule has 0 aliphatic carbocycles. The molecule has 1 unspecified atom stereocenters. The van der Waals surface area contributed by atoms with Gasteiger partial charge in [-0.2, -0.15) is 0 Å². The van der Waals surface area contributed by atoms with E-state index in [1.165, 1.54) is 19.2 Å². The molecule has 2 N–H and O–H groups in total. The number of hydrogen-bond acceptors (Lipinski definition) is 4. The number of hydrogen-bond donors (Lipinski definition) is 2. The molecule has 0 bridgehead atoms. The summed E-state index contributed by atoms with van der Waals surface area (Å²) >= 11 is 0. The first kappa shape index (κ1) is 15.0. The molecule has 7 heteroatoms. The second-order valence-corrected chi connectivity index (χ2v) is 6.47. The SMILES string of the molecule is CNS(=O)(=O)c1cccc(C(=O)NCC2CCCO2)c1.